The molecule has 0 fully saturated rings. The van der Waals surface area contributed by atoms with Crippen molar-refractivity contribution in [1.82, 2.24) is 0 Å². The van der Waals surface area contributed by atoms with Gasteiger partial charge in [-0.05, 0) is 29.9 Å². The molecule has 2 unspecified atom stereocenters. The molecule has 0 aromatic carbocycles. The highest BCUT2D eigenvalue weighted by molar-refractivity contribution is 7.12. The quantitative estimate of drug-likeness (QED) is 0.869. The van der Waals surface area contributed by atoms with Crippen LogP contribution in [0.25, 0.3) is 0 Å². The van der Waals surface area contributed by atoms with Gasteiger partial charge in [0.05, 0.1) is 6.10 Å². The molecule has 2 nitrogen and oxygen atoms in total. The van der Waals surface area contributed by atoms with Gasteiger partial charge in [0.25, 0.3) is 0 Å². The topological polar surface area (TPSA) is 29.5 Å². The predicted molar refractivity (Wildman–Crippen MR) is 73.6 cm³/mol. The normalized spacial score (nSPS) is 15.9. The molecule has 0 saturated carbocycles. The minimum Gasteiger partial charge on any atom is -0.387 e. The molecule has 1 aromatic rings. The molecule has 1 rings (SSSR count). The van der Waals surface area contributed by atoms with Crippen molar-refractivity contribution >= 4 is 11.3 Å². The molecule has 0 spiro atoms. The van der Waals surface area contributed by atoms with Crippen LogP contribution in [0.3, 0.4) is 0 Å². The second-order valence-corrected chi connectivity index (χ2v) is 6.77. The SMILES string of the molecule is COCCC(C)C(O)c1ccc(C(C)(C)C)s1. The van der Waals surface area contributed by atoms with Crippen LogP contribution in [0.4, 0.5) is 0 Å². The van der Waals surface area contributed by atoms with E-state index in [0.29, 0.717) is 6.61 Å². The lowest BCUT2D eigenvalue weighted by molar-refractivity contribution is 0.0912. The second kappa shape index (κ2) is 5.98. The molecule has 2 atom stereocenters. The van der Waals surface area contributed by atoms with E-state index in [1.807, 2.05) is 0 Å². The molecule has 1 heterocycles. The average Bonchev–Trinajstić information content (AvgIpc) is 2.73. The van der Waals surface area contributed by atoms with Crippen LogP contribution in [-0.2, 0) is 10.2 Å². The van der Waals surface area contributed by atoms with Gasteiger partial charge in [-0.2, -0.15) is 0 Å². The molecule has 0 aliphatic rings. The van der Waals surface area contributed by atoms with Gasteiger partial charge in [-0.3, -0.25) is 0 Å². The van der Waals surface area contributed by atoms with E-state index in [2.05, 4.69) is 39.8 Å². The Bertz CT molecular complexity index is 338. The van der Waals surface area contributed by atoms with Crippen molar-refractivity contribution < 1.29 is 9.84 Å². The molecule has 17 heavy (non-hydrogen) atoms. The Morgan fingerprint density at radius 1 is 1.35 bits per heavy atom. The smallest absolute Gasteiger partial charge is 0.0908 e. The number of rotatable bonds is 5. The van der Waals surface area contributed by atoms with Crippen molar-refractivity contribution in [3.8, 4) is 0 Å². The molecule has 3 heteroatoms. The summed E-state index contributed by atoms with van der Waals surface area (Å²) in [5.41, 5.74) is 0.165. The van der Waals surface area contributed by atoms with Crippen molar-refractivity contribution in [2.45, 2.75) is 45.6 Å². The number of hydrogen-bond donors (Lipinski definition) is 1. The highest BCUT2D eigenvalue weighted by Crippen LogP contribution is 2.35. The van der Waals surface area contributed by atoms with Crippen LogP contribution in [0.5, 0.6) is 0 Å². The molecule has 0 amide bonds. The monoisotopic (exact) mass is 256 g/mol. The first-order chi connectivity index (χ1) is 7.86. The van der Waals surface area contributed by atoms with Crippen LogP contribution in [-0.4, -0.2) is 18.8 Å². The Hall–Kier alpha value is -0.380. The summed E-state index contributed by atoms with van der Waals surface area (Å²) >= 11 is 1.72. The summed E-state index contributed by atoms with van der Waals surface area (Å²) in [6.07, 6.45) is 0.520. The third-order valence-electron chi connectivity index (χ3n) is 2.97. The fraction of sp³-hybridized carbons (Fsp3) is 0.714. The summed E-state index contributed by atoms with van der Waals surface area (Å²) in [5, 5.41) is 10.2. The van der Waals surface area contributed by atoms with Crippen molar-refractivity contribution in [1.29, 1.82) is 0 Å². The van der Waals surface area contributed by atoms with E-state index in [4.69, 9.17) is 4.74 Å². The van der Waals surface area contributed by atoms with Crippen LogP contribution in [0.15, 0.2) is 12.1 Å². The Labute approximate surface area is 109 Å². The van der Waals surface area contributed by atoms with Crippen molar-refractivity contribution in [3.63, 3.8) is 0 Å². The van der Waals surface area contributed by atoms with Crippen molar-refractivity contribution in [2.75, 3.05) is 13.7 Å². The number of methoxy groups -OCH3 is 1. The lowest BCUT2D eigenvalue weighted by Crippen LogP contribution is -2.10. The van der Waals surface area contributed by atoms with Crippen LogP contribution in [0, 0.1) is 5.92 Å². The fourth-order valence-electron chi connectivity index (χ4n) is 1.66. The fourth-order valence-corrected chi connectivity index (χ4v) is 2.84. The molecule has 0 aliphatic heterocycles. The van der Waals surface area contributed by atoms with Gasteiger partial charge in [0.1, 0.15) is 0 Å². The van der Waals surface area contributed by atoms with E-state index in [1.54, 1.807) is 18.4 Å². The maximum Gasteiger partial charge on any atom is 0.0908 e. The van der Waals surface area contributed by atoms with Gasteiger partial charge in [0, 0.05) is 23.5 Å². The van der Waals surface area contributed by atoms with E-state index in [9.17, 15) is 5.11 Å². The van der Waals surface area contributed by atoms with Gasteiger partial charge in [0.15, 0.2) is 0 Å². The Balaban J connectivity index is 2.69. The number of hydrogen-bond acceptors (Lipinski definition) is 3. The van der Waals surface area contributed by atoms with Gasteiger partial charge < -0.3 is 9.84 Å². The lowest BCUT2D eigenvalue weighted by Gasteiger charge is -2.18. The largest absolute Gasteiger partial charge is 0.387 e. The van der Waals surface area contributed by atoms with Crippen molar-refractivity contribution in [3.05, 3.63) is 21.9 Å². The number of aliphatic hydroxyl groups is 1. The summed E-state index contributed by atoms with van der Waals surface area (Å²) < 4.78 is 5.05. The van der Waals surface area contributed by atoms with E-state index in [0.717, 1.165) is 11.3 Å². The molecular weight excluding hydrogens is 232 g/mol. The van der Waals surface area contributed by atoms with E-state index in [1.165, 1.54) is 4.88 Å². The van der Waals surface area contributed by atoms with Gasteiger partial charge >= 0.3 is 0 Å². The molecular formula is C14H24O2S. The van der Waals surface area contributed by atoms with Gasteiger partial charge in [-0.25, -0.2) is 0 Å². The first kappa shape index (κ1) is 14.7. The first-order valence-electron chi connectivity index (χ1n) is 6.13. The summed E-state index contributed by atoms with van der Waals surface area (Å²) in [7, 11) is 1.70. The predicted octanol–water partition coefficient (Wildman–Crippen LogP) is 3.75. The minimum atomic E-state index is -0.369. The zero-order valence-electron chi connectivity index (χ0n) is 11.5. The van der Waals surface area contributed by atoms with E-state index in [-0.39, 0.29) is 17.4 Å². The Morgan fingerprint density at radius 3 is 2.47 bits per heavy atom. The summed E-state index contributed by atoms with van der Waals surface area (Å²) in [6, 6.07) is 4.19. The third-order valence-corrected chi connectivity index (χ3v) is 4.56. The summed E-state index contributed by atoms with van der Waals surface area (Å²) in [4.78, 5) is 2.39. The first-order valence-corrected chi connectivity index (χ1v) is 6.95. The molecule has 0 aliphatic carbocycles. The molecule has 1 aromatic heterocycles. The maximum absolute atomic E-state index is 10.2. The standard InChI is InChI=1S/C14H24O2S/c1-10(8-9-16-5)13(15)11-6-7-12(17-11)14(2,3)4/h6-7,10,13,15H,8-9H2,1-5H3. The lowest BCUT2D eigenvalue weighted by atomic mass is 9.95. The van der Waals surface area contributed by atoms with Crippen LogP contribution in [0.1, 0.15) is 50.0 Å². The summed E-state index contributed by atoms with van der Waals surface area (Å²) in [6.45, 7) is 9.37. The number of thiophene rings is 1. The van der Waals surface area contributed by atoms with E-state index < -0.39 is 0 Å². The van der Waals surface area contributed by atoms with Crippen LogP contribution in [0.2, 0.25) is 0 Å². The Kier molecular flexibility index (Phi) is 5.17. The van der Waals surface area contributed by atoms with Crippen LogP contribution >= 0.6 is 11.3 Å². The zero-order chi connectivity index (χ0) is 13.1. The van der Waals surface area contributed by atoms with Gasteiger partial charge in [-0.15, -0.1) is 11.3 Å². The maximum atomic E-state index is 10.2. The zero-order valence-corrected chi connectivity index (χ0v) is 12.3. The second-order valence-electron chi connectivity index (χ2n) is 5.66. The van der Waals surface area contributed by atoms with Crippen LogP contribution < -0.4 is 0 Å². The molecule has 0 radical (unpaired) electrons. The average molecular weight is 256 g/mol. The Morgan fingerprint density at radius 2 is 2.00 bits per heavy atom. The highest BCUT2D eigenvalue weighted by atomic mass is 32.1. The third kappa shape index (κ3) is 4.09. The highest BCUT2D eigenvalue weighted by Gasteiger charge is 2.21. The van der Waals surface area contributed by atoms with Gasteiger partial charge in [-0.1, -0.05) is 27.7 Å². The van der Waals surface area contributed by atoms with E-state index >= 15 is 0 Å². The van der Waals surface area contributed by atoms with Crippen molar-refractivity contribution in [2.24, 2.45) is 5.92 Å². The molecule has 0 saturated heterocycles. The minimum absolute atomic E-state index is 0.165. The number of aliphatic hydroxyl groups excluding tert-OH is 1. The van der Waals surface area contributed by atoms with Gasteiger partial charge in [0.2, 0.25) is 0 Å². The summed E-state index contributed by atoms with van der Waals surface area (Å²) in [5.74, 6) is 0.237. The molecule has 98 valence electrons. The molecule has 1 N–H and O–H groups in total. The number of ether oxygens (including phenoxy) is 1. The molecule has 0 bridgehead atoms.